The lowest BCUT2D eigenvalue weighted by atomic mass is 10.1. The topological polar surface area (TPSA) is 61.0 Å². The van der Waals surface area contributed by atoms with Gasteiger partial charge >= 0.3 is 0 Å². The first-order valence-electron chi connectivity index (χ1n) is 4.93. The number of nitrogens with zero attached hydrogens (tertiary/aromatic N) is 2. The van der Waals surface area contributed by atoms with Crippen molar-refractivity contribution in [1.82, 2.24) is 10.2 Å². The summed E-state index contributed by atoms with van der Waals surface area (Å²) < 4.78 is 5.59. The van der Waals surface area contributed by atoms with Crippen molar-refractivity contribution in [3.05, 3.63) is 34.3 Å². The van der Waals surface area contributed by atoms with E-state index in [9.17, 15) is 0 Å². The summed E-state index contributed by atoms with van der Waals surface area (Å²) in [5, 5.41) is 8.87. The summed E-state index contributed by atoms with van der Waals surface area (Å²) in [5.74, 6) is 0.844. The fraction of sp³-hybridized carbons (Fsp3) is 0.273. The van der Waals surface area contributed by atoms with E-state index in [2.05, 4.69) is 24.0 Å². The summed E-state index contributed by atoms with van der Waals surface area (Å²) in [4.78, 5) is 0. The molecular weight excluding hydrogens is 222 g/mol. The number of anilines is 1. The number of hydrogen-bond acceptors (Lipinski definition) is 5. The van der Waals surface area contributed by atoms with Crippen molar-refractivity contribution in [1.29, 1.82) is 0 Å². The largest absolute Gasteiger partial charge is 0.486 e. The maximum absolute atomic E-state index is 5.59. The van der Waals surface area contributed by atoms with Crippen molar-refractivity contribution < 1.29 is 4.74 Å². The minimum absolute atomic E-state index is 0.414. The Labute approximate surface area is 98.1 Å². The number of benzene rings is 1. The highest BCUT2D eigenvalue weighted by atomic mass is 32.1. The van der Waals surface area contributed by atoms with Gasteiger partial charge in [-0.1, -0.05) is 17.4 Å². The van der Waals surface area contributed by atoms with Gasteiger partial charge < -0.3 is 10.5 Å². The van der Waals surface area contributed by atoms with Gasteiger partial charge in [-0.25, -0.2) is 0 Å². The van der Waals surface area contributed by atoms with Crippen LogP contribution in [0.1, 0.15) is 16.1 Å². The van der Waals surface area contributed by atoms with Crippen molar-refractivity contribution in [2.75, 3.05) is 5.73 Å². The van der Waals surface area contributed by atoms with E-state index in [0.717, 1.165) is 10.8 Å². The van der Waals surface area contributed by atoms with E-state index in [1.807, 2.05) is 18.2 Å². The molecule has 0 bridgehead atoms. The minimum atomic E-state index is 0.414. The molecule has 0 aliphatic rings. The molecule has 16 heavy (non-hydrogen) atoms. The molecule has 0 aliphatic heterocycles. The van der Waals surface area contributed by atoms with E-state index < -0.39 is 0 Å². The van der Waals surface area contributed by atoms with E-state index >= 15 is 0 Å². The van der Waals surface area contributed by atoms with Crippen LogP contribution in [0.25, 0.3) is 0 Å². The fourth-order valence-electron chi connectivity index (χ4n) is 1.27. The Balaban J connectivity index is 2.02. The lowest BCUT2D eigenvalue weighted by molar-refractivity contribution is 0.304. The first kappa shape index (κ1) is 10.9. The maximum atomic E-state index is 5.59. The van der Waals surface area contributed by atoms with Crippen LogP contribution in [-0.4, -0.2) is 10.2 Å². The third-order valence-electron chi connectivity index (χ3n) is 2.32. The molecule has 0 atom stereocenters. The predicted octanol–water partition coefficient (Wildman–Crippen LogP) is 2.32. The Morgan fingerprint density at radius 3 is 2.69 bits per heavy atom. The molecule has 2 aromatic rings. The molecule has 0 saturated carbocycles. The number of hydrogen-bond donors (Lipinski definition) is 1. The Hall–Kier alpha value is -1.62. The van der Waals surface area contributed by atoms with Crippen LogP contribution < -0.4 is 10.5 Å². The monoisotopic (exact) mass is 235 g/mol. The predicted molar refractivity (Wildman–Crippen MR) is 64.6 cm³/mol. The molecule has 5 heteroatoms. The molecule has 84 valence electrons. The molecule has 0 unspecified atom stereocenters. The van der Waals surface area contributed by atoms with Crippen LogP contribution in [0.5, 0.6) is 5.75 Å². The number of aryl methyl sites for hydroxylation is 2. The van der Waals surface area contributed by atoms with E-state index in [4.69, 9.17) is 10.5 Å². The molecule has 0 radical (unpaired) electrons. The highest BCUT2D eigenvalue weighted by Gasteiger charge is 2.02. The lowest BCUT2D eigenvalue weighted by Crippen LogP contribution is -1.95. The van der Waals surface area contributed by atoms with Gasteiger partial charge in [0.25, 0.3) is 0 Å². The zero-order chi connectivity index (χ0) is 11.5. The van der Waals surface area contributed by atoms with Gasteiger partial charge in [0.2, 0.25) is 5.13 Å². The summed E-state index contributed by atoms with van der Waals surface area (Å²) in [5.41, 5.74) is 7.95. The smallest absolute Gasteiger partial charge is 0.203 e. The zero-order valence-electron chi connectivity index (χ0n) is 9.23. The second-order valence-corrected chi connectivity index (χ2v) is 4.66. The Bertz CT molecular complexity index is 496. The van der Waals surface area contributed by atoms with E-state index in [1.54, 1.807) is 0 Å². The van der Waals surface area contributed by atoms with E-state index in [1.165, 1.54) is 22.5 Å². The second-order valence-electron chi connectivity index (χ2n) is 3.57. The third kappa shape index (κ3) is 2.49. The molecule has 4 nitrogen and oxygen atoms in total. The Morgan fingerprint density at radius 2 is 2.06 bits per heavy atom. The lowest BCUT2D eigenvalue weighted by Gasteiger charge is -2.06. The van der Waals surface area contributed by atoms with Gasteiger partial charge in [0, 0.05) is 0 Å². The van der Waals surface area contributed by atoms with Crippen molar-refractivity contribution in [2.24, 2.45) is 0 Å². The maximum Gasteiger partial charge on any atom is 0.203 e. The van der Waals surface area contributed by atoms with Crippen LogP contribution in [0.4, 0.5) is 5.13 Å². The van der Waals surface area contributed by atoms with Gasteiger partial charge in [-0.2, -0.15) is 0 Å². The minimum Gasteiger partial charge on any atom is -0.486 e. The molecular formula is C11H13N3OS. The molecule has 0 fully saturated rings. The van der Waals surface area contributed by atoms with Crippen LogP contribution in [0.3, 0.4) is 0 Å². The molecule has 2 N–H and O–H groups in total. The van der Waals surface area contributed by atoms with E-state index in [-0.39, 0.29) is 0 Å². The molecule has 0 aliphatic carbocycles. The number of ether oxygens (including phenoxy) is 1. The standard InChI is InChI=1S/C11H13N3OS/c1-7-3-4-9(5-8(7)2)15-6-10-13-14-11(12)16-10/h3-5H,6H2,1-2H3,(H2,12,14). The van der Waals surface area contributed by atoms with Gasteiger partial charge in [-0.15, -0.1) is 10.2 Å². The molecule has 1 aromatic carbocycles. The summed E-state index contributed by atoms with van der Waals surface area (Å²) in [6.45, 7) is 4.55. The summed E-state index contributed by atoms with van der Waals surface area (Å²) in [6, 6.07) is 6.01. The van der Waals surface area contributed by atoms with Crippen LogP contribution in [-0.2, 0) is 6.61 Å². The van der Waals surface area contributed by atoms with Crippen LogP contribution in [0, 0.1) is 13.8 Å². The summed E-state index contributed by atoms with van der Waals surface area (Å²) in [6.07, 6.45) is 0. The second kappa shape index (κ2) is 4.49. The van der Waals surface area contributed by atoms with Crippen molar-refractivity contribution in [2.45, 2.75) is 20.5 Å². The first-order chi connectivity index (χ1) is 7.65. The first-order valence-corrected chi connectivity index (χ1v) is 5.75. The van der Waals surface area contributed by atoms with Crippen LogP contribution >= 0.6 is 11.3 Å². The van der Waals surface area contributed by atoms with Gasteiger partial charge in [0.15, 0.2) is 5.01 Å². The molecule has 0 saturated heterocycles. The third-order valence-corrected chi connectivity index (χ3v) is 3.05. The summed E-state index contributed by atoms with van der Waals surface area (Å²) in [7, 11) is 0. The van der Waals surface area contributed by atoms with Crippen molar-refractivity contribution in [3.63, 3.8) is 0 Å². The quantitative estimate of drug-likeness (QED) is 0.886. The highest BCUT2D eigenvalue weighted by Crippen LogP contribution is 2.19. The highest BCUT2D eigenvalue weighted by molar-refractivity contribution is 7.15. The number of nitrogen functional groups attached to an aromatic ring is 1. The van der Waals surface area contributed by atoms with Gasteiger partial charge in [-0.05, 0) is 37.1 Å². The fourth-order valence-corrected chi connectivity index (χ4v) is 1.80. The zero-order valence-corrected chi connectivity index (χ0v) is 10.0. The Morgan fingerprint density at radius 1 is 1.25 bits per heavy atom. The van der Waals surface area contributed by atoms with E-state index in [0.29, 0.717) is 11.7 Å². The molecule has 1 aromatic heterocycles. The van der Waals surface area contributed by atoms with Gasteiger partial charge in [0.1, 0.15) is 12.4 Å². The SMILES string of the molecule is Cc1ccc(OCc2nnc(N)s2)cc1C. The Kier molecular flexibility index (Phi) is 3.05. The number of nitrogens with two attached hydrogens (primary N) is 1. The molecule has 1 heterocycles. The average molecular weight is 235 g/mol. The molecule has 0 amide bonds. The normalized spacial score (nSPS) is 10.4. The van der Waals surface area contributed by atoms with Crippen molar-refractivity contribution in [3.8, 4) is 5.75 Å². The van der Waals surface area contributed by atoms with Crippen LogP contribution in [0.15, 0.2) is 18.2 Å². The molecule has 0 spiro atoms. The average Bonchev–Trinajstić information content (AvgIpc) is 2.66. The van der Waals surface area contributed by atoms with Gasteiger partial charge in [0.05, 0.1) is 0 Å². The molecule has 2 rings (SSSR count). The van der Waals surface area contributed by atoms with Crippen LogP contribution in [0.2, 0.25) is 0 Å². The summed E-state index contributed by atoms with van der Waals surface area (Å²) >= 11 is 1.34. The van der Waals surface area contributed by atoms with Gasteiger partial charge in [-0.3, -0.25) is 0 Å². The van der Waals surface area contributed by atoms with Crippen molar-refractivity contribution >= 4 is 16.5 Å². The number of rotatable bonds is 3. The number of aromatic nitrogens is 2.